The van der Waals surface area contributed by atoms with Crippen molar-refractivity contribution in [3.63, 3.8) is 0 Å². The molecule has 0 saturated heterocycles. The van der Waals surface area contributed by atoms with Crippen molar-refractivity contribution in [3.8, 4) is 11.3 Å². The third kappa shape index (κ3) is 3.52. The zero-order valence-electron chi connectivity index (χ0n) is 16.8. The zero-order valence-corrected chi connectivity index (χ0v) is 18.3. The van der Waals surface area contributed by atoms with Gasteiger partial charge in [-0.25, -0.2) is 0 Å². The molecule has 0 fully saturated rings. The standard InChI is InChI=1S/C25H19Cl2N3O/c1-15-7-9-17(10-8-15)22-21-23(29-28-22)25(31)30(14-16-5-3-2-4-6-16)24(21)18-11-12-19(26)20(27)13-18/h2-13,24H,14H2,1H3,(H,28,29). The van der Waals surface area contributed by atoms with Crippen molar-refractivity contribution in [1.82, 2.24) is 15.1 Å². The number of aromatic nitrogens is 2. The van der Waals surface area contributed by atoms with Gasteiger partial charge in [-0.2, -0.15) is 5.10 Å². The van der Waals surface area contributed by atoms with Crippen molar-refractivity contribution in [2.75, 3.05) is 0 Å². The molecule has 1 unspecified atom stereocenters. The average molecular weight is 448 g/mol. The predicted octanol–water partition coefficient (Wildman–Crippen LogP) is 6.44. The molecular weight excluding hydrogens is 429 g/mol. The normalized spacial score (nSPS) is 15.4. The van der Waals surface area contributed by atoms with Crippen LogP contribution in [0.2, 0.25) is 10.0 Å². The fraction of sp³-hybridized carbons (Fsp3) is 0.120. The molecule has 0 bridgehead atoms. The van der Waals surface area contributed by atoms with Gasteiger partial charge in [0.25, 0.3) is 5.91 Å². The smallest absolute Gasteiger partial charge is 0.273 e. The summed E-state index contributed by atoms with van der Waals surface area (Å²) in [7, 11) is 0. The van der Waals surface area contributed by atoms with Gasteiger partial charge in [0.1, 0.15) is 5.69 Å². The van der Waals surface area contributed by atoms with E-state index in [1.54, 1.807) is 6.07 Å². The van der Waals surface area contributed by atoms with E-state index in [0.717, 1.165) is 27.9 Å². The van der Waals surface area contributed by atoms with Crippen LogP contribution in [0.5, 0.6) is 0 Å². The molecule has 6 heteroatoms. The highest BCUT2D eigenvalue weighted by Crippen LogP contribution is 2.44. The molecule has 2 heterocycles. The minimum absolute atomic E-state index is 0.0826. The summed E-state index contributed by atoms with van der Waals surface area (Å²) in [5.41, 5.74) is 6.23. The molecule has 4 nitrogen and oxygen atoms in total. The van der Waals surface area contributed by atoms with Gasteiger partial charge in [-0.05, 0) is 30.2 Å². The number of H-pyrrole nitrogens is 1. The second kappa shape index (κ2) is 7.88. The fourth-order valence-corrected chi connectivity index (χ4v) is 4.41. The molecular formula is C25H19Cl2N3O. The molecule has 1 aliphatic rings. The average Bonchev–Trinajstić information content (AvgIpc) is 3.31. The van der Waals surface area contributed by atoms with E-state index in [1.807, 2.05) is 78.6 Å². The Morgan fingerprint density at radius 3 is 2.42 bits per heavy atom. The van der Waals surface area contributed by atoms with Gasteiger partial charge >= 0.3 is 0 Å². The number of hydrogen-bond acceptors (Lipinski definition) is 2. The largest absolute Gasteiger partial charge is 0.322 e. The number of fused-ring (bicyclic) bond motifs is 1. The Morgan fingerprint density at radius 1 is 0.968 bits per heavy atom. The molecule has 1 aromatic heterocycles. The van der Waals surface area contributed by atoms with Crippen LogP contribution in [-0.4, -0.2) is 21.0 Å². The van der Waals surface area contributed by atoms with E-state index in [-0.39, 0.29) is 11.9 Å². The number of amides is 1. The Balaban J connectivity index is 1.66. The van der Waals surface area contributed by atoms with Crippen LogP contribution in [0.1, 0.15) is 38.8 Å². The van der Waals surface area contributed by atoms with Crippen LogP contribution in [0.15, 0.2) is 72.8 Å². The number of carbonyl (C=O) groups is 1. The lowest BCUT2D eigenvalue weighted by Gasteiger charge is -2.27. The summed E-state index contributed by atoms with van der Waals surface area (Å²) in [6.45, 7) is 2.52. The minimum atomic E-state index is -0.326. The Hall–Kier alpha value is -3.08. The summed E-state index contributed by atoms with van der Waals surface area (Å²) in [6, 6.07) is 23.3. The fourth-order valence-electron chi connectivity index (χ4n) is 4.10. The third-order valence-electron chi connectivity index (χ3n) is 5.64. The zero-order chi connectivity index (χ0) is 21.5. The molecule has 31 heavy (non-hydrogen) atoms. The topological polar surface area (TPSA) is 49.0 Å². The number of aryl methyl sites for hydroxylation is 1. The van der Waals surface area contributed by atoms with Gasteiger partial charge in [0.15, 0.2) is 0 Å². The lowest BCUT2D eigenvalue weighted by Crippen LogP contribution is -2.29. The highest BCUT2D eigenvalue weighted by atomic mass is 35.5. The summed E-state index contributed by atoms with van der Waals surface area (Å²) < 4.78 is 0. The van der Waals surface area contributed by atoms with E-state index < -0.39 is 0 Å². The van der Waals surface area contributed by atoms with Gasteiger partial charge in [0, 0.05) is 17.7 Å². The monoisotopic (exact) mass is 447 g/mol. The lowest BCUT2D eigenvalue weighted by molar-refractivity contribution is 0.0730. The molecule has 0 aliphatic carbocycles. The number of carbonyl (C=O) groups excluding carboxylic acids is 1. The summed E-state index contributed by atoms with van der Waals surface area (Å²) in [5.74, 6) is -0.0826. The summed E-state index contributed by atoms with van der Waals surface area (Å²) >= 11 is 12.5. The highest BCUT2D eigenvalue weighted by Gasteiger charge is 2.42. The number of rotatable bonds is 4. The summed E-state index contributed by atoms with van der Waals surface area (Å²) in [5, 5.41) is 8.44. The Labute approximate surface area is 190 Å². The maximum absolute atomic E-state index is 13.4. The van der Waals surface area contributed by atoms with E-state index in [9.17, 15) is 4.79 Å². The summed E-state index contributed by atoms with van der Waals surface area (Å²) in [4.78, 5) is 15.3. The molecule has 1 N–H and O–H groups in total. The first-order valence-electron chi connectivity index (χ1n) is 9.98. The summed E-state index contributed by atoms with van der Waals surface area (Å²) in [6.07, 6.45) is 0. The van der Waals surface area contributed by atoms with E-state index in [0.29, 0.717) is 22.3 Å². The Bertz CT molecular complexity index is 1270. The molecule has 154 valence electrons. The van der Waals surface area contributed by atoms with Gasteiger partial charge in [0.2, 0.25) is 0 Å². The third-order valence-corrected chi connectivity index (χ3v) is 6.38. The van der Waals surface area contributed by atoms with E-state index >= 15 is 0 Å². The molecule has 1 aliphatic heterocycles. The first-order valence-corrected chi connectivity index (χ1v) is 10.7. The lowest BCUT2D eigenvalue weighted by atomic mass is 9.95. The minimum Gasteiger partial charge on any atom is -0.322 e. The Morgan fingerprint density at radius 2 is 1.71 bits per heavy atom. The van der Waals surface area contributed by atoms with Crippen molar-refractivity contribution in [1.29, 1.82) is 0 Å². The van der Waals surface area contributed by atoms with E-state index in [4.69, 9.17) is 23.2 Å². The van der Waals surface area contributed by atoms with Gasteiger partial charge in [-0.1, -0.05) is 89.4 Å². The number of aromatic amines is 1. The van der Waals surface area contributed by atoms with Crippen LogP contribution in [-0.2, 0) is 6.54 Å². The number of nitrogens with one attached hydrogen (secondary N) is 1. The van der Waals surface area contributed by atoms with Gasteiger partial charge in [0.05, 0.1) is 21.8 Å². The number of nitrogens with zero attached hydrogens (tertiary/aromatic N) is 2. The van der Waals surface area contributed by atoms with E-state index in [2.05, 4.69) is 10.2 Å². The molecule has 1 amide bonds. The van der Waals surface area contributed by atoms with Crippen molar-refractivity contribution in [2.24, 2.45) is 0 Å². The van der Waals surface area contributed by atoms with E-state index in [1.165, 1.54) is 5.56 Å². The first kappa shape index (κ1) is 19.9. The molecule has 0 saturated carbocycles. The molecule has 1 atom stereocenters. The van der Waals surface area contributed by atoms with Gasteiger partial charge in [-0.3, -0.25) is 9.89 Å². The van der Waals surface area contributed by atoms with Gasteiger partial charge < -0.3 is 4.90 Å². The van der Waals surface area contributed by atoms with Crippen LogP contribution >= 0.6 is 23.2 Å². The quantitative estimate of drug-likeness (QED) is 0.391. The number of benzene rings is 3. The van der Waals surface area contributed by atoms with Crippen LogP contribution in [0.4, 0.5) is 0 Å². The second-order valence-electron chi connectivity index (χ2n) is 7.72. The van der Waals surface area contributed by atoms with Crippen molar-refractivity contribution >= 4 is 29.1 Å². The molecule has 0 radical (unpaired) electrons. The molecule has 4 aromatic rings. The molecule has 5 rings (SSSR count). The van der Waals surface area contributed by atoms with Crippen LogP contribution in [0, 0.1) is 6.92 Å². The molecule has 3 aromatic carbocycles. The second-order valence-corrected chi connectivity index (χ2v) is 8.54. The van der Waals surface area contributed by atoms with Crippen molar-refractivity contribution in [3.05, 3.63) is 111 Å². The van der Waals surface area contributed by atoms with Crippen molar-refractivity contribution < 1.29 is 4.79 Å². The van der Waals surface area contributed by atoms with Crippen LogP contribution < -0.4 is 0 Å². The number of hydrogen-bond donors (Lipinski definition) is 1. The SMILES string of the molecule is Cc1ccc(-c2n[nH]c3c2C(c2ccc(Cl)c(Cl)c2)N(Cc2ccccc2)C3=O)cc1. The highest BCUT2D eigenvalue weighted by molar-refractivity contribution is 6.42. The Kier molecular flexibility index (Phi) is 5.05. The number of halogens is 2. The van der Waals surface area contributed by atoms with Crippen molar-refractivity contribution in [2.45, 2.75) is 19.5 Å². The van der Waals surface area contributed by atoms with Gasteiger partial charge in [-0.15, -0.1) is 0 Å². The first-order chi connectivity index (χ1) is 15.0. The molecule has 0 spiro atoms. The predicted molar refractivity (Wildman–Crippen MR) is 123 cm³/mol. The maximum Gasteiger partial charge on any atom is 0.273 e. The van der Waals surface area contributed by atoms with Crippen LogP contribution in [0.3, 0.4) is 0 Å². The van der Waals surface area contributed by atoms with Crippen LogP contribution in [0.25, 0.3) is 11.3 Å². The maximum atomic E-state index is 13.4.